The molecule has 6 rings (SSSR count). The molecule has 2 aliphatic rings. The number of benzene rings is 2. The van der Waals surface area contributed by atoms with Gasteiger partial charge in [-0.15, -0.1) is 0 Å². The zero-order valence-electron chi connectivity index (χ0n) is 37.5. The molecular weight excluding hydrogens is 1030 g/mol. The van der Waals surface area contributed by atoms with E-state index in [1.54, 1.807) is 82.3 Å². The number of H-pyrrole nitrogens is 2. The van der Waals surface area contributed by atoms with Gasteiger partial charge in [0.25, 0.3) is 11.1 Å². The second-order valence-electron chi connectivity index (χ2n) is 14.3. The minimum Gasteiger partial charge on any atom is -0.465 e. The van der Waals surface area contributed by atoms with Crippen LogP contribution in [0, 0.1) is 13.8 Å². The normalized spacial score (nSPS) is 20.2. The first-order valence-electron chi connectivity index (χ1n) is 20.6. The van der Waals surface area contributed by atoms with Gasteiger partial charge in [-0.3, -0.25) is 42.8 Å². The highest BCUT2D eigenvalue weighted by Crippen LogP contribution is 2.49. The average Bonchev–Trinajstić information content (AvgIpc) is 3.98. The Hall–Kier alpha value is -4.75. The number of esters is 2. The fraction of sp³-hybridized carbons (Fsp3) is 0.450. The summed E-state index contributed by atoms with van der Waals surface area (Å²) in [5.74, 6) is -0.571. The lowest BCUT2D eigenvalue weighted by Gasteiger charge is -2.23. The summed E-state index contributed by atoms with van der Waals surface area (Å²) in [6.07, 6.45) is -0.354. The number of nitrogens with one attached hydrogen (secondary N) is 4. The summed E-state index contributed by atoms with van der Waals surface area (Å²) in [5.41, 5.74) is -1.37. The molecule has 0 bridgehead atoms. The molecule has 28 heteroatoms. The lowest BCUT2D eigenvalue weighted by atomic mass is 10.3. The highest BCUT2D eigenvalue weighted by Gasteiger charge is 2.36. The molecule has 0 saturated carbocycles. The zero-order chi connectivity index (χ0) is 50.2. The maximum absolute atomic E-state index is 13.4. The number of rotatable bonds is 18. The third-order valence-corrected chi connectivity index (χ3v) is 12.7. The molecule has 374 valence electrons. The first kappa shape index (κ1) is 55.8. The zero-order valence-corrected chi connectivity index (χ0v) is 41.6. The number of para-hydroxylation sites is 1. The van der Waals surface area contributed by atoms with Crippen LogP contribution in [0.2, 0.25) is 0 Å². The number of aryl methyl sites for hydroxylation is 2. The third kappa shape index (κ3) is 17.3. The Bertz CT molecular complexity index is 2640. The van der Waals surface area contributed by atoms with Gasteiger partial charge in [-0.1, -0.05) is 34.1 Å². The maximum Gasteiger partial charge on any atom is 0.459 e. The molecule has 8 atom stereocenters. The predicted molar refractivity (Wildman–Crippen MR) is 246 cm³/mol. The molecule has 0 radical (unpaired) electrons. The van der Waals surface area contributed by atoms with Gasteiger partial charge in [-0.05, 0) is 77.9 Å². The highest BCUT2D eigenvalue weighted by molar-refractivity contribution is 9.10. The Morgan fingerprint density at radius 2 is 1.25 bits per heavy atom. The van der Waals surface area contributed by atoms with Crippen molar-refractivity contribution in [2.75, 3.05) is 39.6 Å². The van der Waals surface area contributed by atoms with Gasteiger partial charge in [0, 0.05) is 39.2 Å². The van der Waals surface area contributed by atoms with E-state index in [9.17, 15) is 37.9 Å². The summed E-state index contributed by atoms with van der Waals surface area (Å²) < 4.78 is 76.0. The van der Waals surface area contributed by atoms with Crippen molar-refractivity contribution in [1.29, 1.82) is 0 Å². The molecule has 2 aromatic heterocycles. The van der Waals surface area contributed by atoms with Crippen LogP contribution in [0.25, 0.3) is 0 Å². The highest BCUT2D eigenvalue weighted by atomic mass is 79.9. The van der Waals surface area contributed by atoms with Gasteiger partial charge in [0.1, 0.15) is 30.2 Å². The molecule has 2 saturated heterocycles. The quantitative estimate of drug-likeness (QED) is 0.0697. The van der Waals surface area contributed by atoms with Crippen LogP contribution in [0.1, 0.15) is 51.3 Å². The van der Waals surface area contributed by atoms with Gasteiger partial charge in [0.15, 0.2) is 25.0 Å². The average molecular weight is 1080 g/mol. The first-order chi connectivity index (χ1) is 32.2. The van der Waals surface area contributed by atoms with Crippen LogP contribution < -0.4 is 41.7 Å². The van der Waals surface area contributed by atoms with E-state index in [0.717, 1.165) is 4.47 Å². The number of hydrogen-bond acceptors (Lipinski definition) is 18. The number of aromatic amines is 2. The molecule has 4 heterocycles. The topological polar surface area (TPSA) is 305 Å². The van der Waals surface area contributed by atoms with Crippen molar-refractivity contribution in [3.8, 4) is 11.5 Å². The van der Waals surface area contributed by atoms with E-state index in [4.69, 9.17) is 58.3 Å². The standard InChI is InChI=1S/C20H26N3O9P.C11H14BrClNO4P.C9H12N2O5/c1-4-28-19(25)14(3)22-33(27,32-15-8-6-5-7-9-15)30-12-17-29-11-16(31-17)23-10-13(2)18(24)21-20(23)26;1-3-17-11(15)8(2)14-19(13,16)18-10-6-4-9(12)5-7-10;1-5-2-11(9(14)10-8(5)13)6-4-15-7(3-12)16-6/h5-10,14,16-17H,4,11-12H2,1-3H3,(H,22,27)(H,21,24,26);4-8H,3H2,1-2H3,(H,14,16);2,6-7,12H,3-4H2,1H3,(H,10,13,14)/t14-,16+,17+,33?;8-,19?;6-,7-/m001/s1. The summed E-state index contributed by atoms with van der Waals surface area (Å²) >= 11 is 9.02. The molecular formula is C40H52BrClN6O18P2. The van der Waals surface area contributed by atoms with Crippen molar-refractivity contribution < 1.29 is 65.8 Å². The van der Waals surface area contributed by atoms with Crippen molar-refractivity contribution in [3.05, 3.63) is 124 Å². The largest absolute Gasteiger partial charge is 0.465 e. The lowest BCUT2D eigenvalue weighted by Crippen LogP contribution is -2.36. The van der Waals surface area contributed by atoms with Crippen molar-refractivity contribution in [2.24, 2.45) is 0 Å². The summed E-state index contributed by atoms with van der Waals surface area (Å²) in [6, 6.07) is 13.1. The number of halogens is 2. The number of nitrogens with zero attached hydrogens (tertiary/aromatic N) is 2. The lowest BCUT2D eigenvalue weighted by molar-refractivity contribution is -0.145. The number of carbonyl (C=O) groups is 2. The van der Waals surface area contributed by atoms with Gasteiger partial charge >= 0.3 is 37.9 Å². The Kier molecular flexibility index (Phi) is 21.6. The number of aliphatic hydroxyl groups excluding tert-OH is 1. The Morgan fingerprint density at radius 3 is 1.74 bits per heavy atom. The second-order valence-corrected chi connectivity index (χ2v) is 19.6. The van der Waals surface area contributed by atoms with E-state index >= 15 is 0 Å². The summed E-state index contributed by atoms with van der Waals surface area (Å²) in [4.78, 5) is 74.0. The van der Waals surface area contributed by atoms with Crippen LogP contribution in [0.4, 0.5) is 0 Å². The molecule has 0 spiro atoms. The summed E-state index contributed by atoms with van der Waals surface area (Å²) in [5, 5.41) is 13.8. The van der Waals surface area contributed by atoms with Crippen LogP contribution in [0.3, 0.4) is 0 Å². The van der Waals surface area contributed by atoms with Gasteiger partial charge in [0.2, 0.25) is 0 Å². The van der Waals surface area contributed by atoms with Gasteiger partial charge in [0.05, 0.1) is 33.0 Å². The molecule has 2 aromatic carbocycles. The molecule has 2 aliphatic heterocycles. The predicted octanol–water partition coefficient (Wildman–Crippen LogP) is 3.89. The molecule has 2 unspecified atom stereocenters. The third-order valence-electron chi connectivity index (χ3n) is 8.89. The fourth-order valence-corrected chi connectivity index (χ4v) is 9.03. The monoisotopic (exact) mass is 1080 g/mol. The number of aliphatic hydroxyl groups is 1. The van der Waals surface area contributed by atoms with Gasteiger partial charge in [-0.2, -0.15) is 5.09 Å². The smallest absolute Gasteiger partial charge is 0.459 e. The molecule has 0 amide bonds. The summed E-state index contributed by atoms with van der Waals surface area (Å²) in [7, 11) is -4.07. The van der Waals surface area contributed by atoms with E-state index in [-0.39, 0.29) is 45.4 Å². The molecule has 5 N–H and O–H groups in total. The molecule has 0 aliphatic carbocycles. The minimum absolute atomic E-state index is 0.00405. The Morgan fingerprint density at radius 1 is 0.779 bits per heavy atom. The fourth-order valence-electron chi connectivity index (χ4n) is 5.60. The van der Waals surface area contributed by atoms with Crippen LogP contribution in [-0.2, 0) is 51.7 Å². The van der Waals surface area contributed by atoms with Crippen LogP contribution in [0.15, 0.2) is 90.6 Å². The Labute approximate surface area is 401 Å². The second kappa shape index (κ2) is 26.3. The molecule has 68 heavy (non-hydrogen) atoms. The maximum atomic E-state index is 13.4. The van der Waals surface area contributed by atoms with Crippen molar-refractivity contribution in [2.45, 2.75) is 78.7 Å². The number of ether oxygens (including phenoxy) is 6. The number of carbonyl (C=O) groups excluding carboxylic acids is 2. The summed E-state index contributed by atoms with van der Waals surface area (Å²) in [6.45, 7) is 5.74. The number of hydrogen-bond donors (Lipinski definition) is 5. The minimum atomic E-state index is -4.07. The molecule has 24 nitrogen and oxygen atoms in total. The van der Waals surface area contributed by atoms with Gasteiger partial charge < -0.3 is 42.6 Å². The van der Waals surface area contributed by atoms with Gasteiger partial charge in [-0.25, -0.2) is 23.8 Å². The van der Waals surface area contributed by atoms with E-state index in [1.807, 2.05) is 0 Å². The Balaban J connectivity index is 0.000000243. The molecule has 4 aromatic rings. The SMILES string of the molecule is CCOC(=O)[C@H](C)NP(=O)(Cl)Oc1ccc(Br)cc1.CCOC(=O)[C@H](C)NP(=O)(OC[C@@H]1OC[C@H](n2cc(C)c(=O)[nH]c2=O)O1)Oc1ccccc1.Cc1cn([C@H]2CO[C@@H](CO)O2)c(=O)[nH]c1=O. The van der Waals surface area contributed by atoms with Crippen molar-refractivity contribution in [1.82, 2.24) is 29.3 Å². The van der Waals surface area contributed by atoms with Crippen LogP contribution in [0.5, 0.6) is 11.5 Å². The number of aromatic nitrogens is 4. The molecule has 2 fully saturated rings. The van der Waals surface area contributed by atoms with Crippen LogP contribution >= 0.6 is 41.8 Å². The van der Waals surface area contributed by atoms with E-state index in [0.29, 0.717) is 16.9 Å². The van der Waals surface area contributed by atoms with Crippen molar-refractivity contribution >= 4 is 53.7 Å². The van der Waals surface area contributed by atoms with Crippen LogP contribution in [-0.4, -0.2) is 100 Å². The first-order valence-corrected chi connectivity index (χ1v) is 25.4. The van der Waals surface area contributed by atoms with Crippen molar-refractivity contribution in [3.63, 3.8) is 0 Å². The van der Waals surface area contributed by atoms with E-state index in [1.165, 1.54) is 35.4 Å². The van der Waals surface area contributed by atoms with E-state index in [2.05, 4.69) is 36.1 Å². The van der Waals surface area contributed by atoms with E-state index < -0.39 is 86.2 Å².